The van der Waals surface area contributed by atoms with Gasteiger partial charge in [-0.25, -0.2) is 0 Å². The average Bonchev–Trinajstić information content (AvgIpc) is 3.81. The smallest absolute Gasteiger partial charge is 0.0221 e. The van der Waals surface area contributed by atoms with Crippen molar-refractivity contribution in [1.82, 2.24) is 0 Å². The summed E-state index contributed by atoms with van der Waals surface area (Å²) in [4.78, 5) is 0. The first-order valence-corrected chi connectivity index (χ1v) is 29.9. The maximum atomic E-state index is 2.79. The van der Waals surface area contributed by atoms with Crippen molar-refractivity contribution in [3.05, 3.63) is 251 Å². The van der Waals surface area contributed by atoms with Gasteiger partial charge in [0.05, 0.1) is 0 Å². The highest BCUT2D eigenvalue weighted by atomic mass is 14.6. The zero-order chi connectivity index (χ0) is 54.5. The maximum Gasteiger partial charge on any atom is 0.0221 e. The quantitative estimate of drug-likeness (QED) is 0.159. The Morgan fingerprint density at radius 1 is 0.500 bits per heavy atom. The Labute approximate surface area is 468 Å². The second-order valence-electron chi connectivity index (χ2n) is 28.5. The molecular weight excluding hydrogens is 937 g/mol. The third kappa shape index (κ3) is 8.11. The molecular formula is C78H82. The van der Waals surface area contributed by atoms with Gasteiger partial charge in [-0.15, -0.1) is 0 Å². The fourth-order valence-corrected chi connectivity index (χ4v) is 15.2. The van der Waals surface area contributed by atoms with E-state index in [0.29, 0.717) is 5.92 Å². The largest absolute Gasteiger partial charge is 0.0800 e. The molecule has 8 aliphatic rings. The van der Waals surface area contributed by atoms with E-state index < -0.39 is 0 Å². The summed E-state index contributed by atoms with van der Waals surface area (Å²) >= 11 is 0. The summed E-state index contributed by atoms with van der Waals surface area (Å²) < 4.78 is 0. The van der Waals surface area contributed by atoms with Crippen molar-refractivity contribution in [2.24, 2.45) is 40.4 Å². The zero-order valence-electron chi connectivity index (χ0n) is 49.4. The van der Waals surface area contributed by atoms with Gasteiger partial charge in [-0.2, -0.15) is 0 Å². The first-order valence-electron chi connectivity index (χ1n) is 29.9. The highest BCUT2D eigenvalue weighted by Gasteiger charge is 2.55. The molecule has 0 heteroatoms. The molecule has 0 amide bonds. The molecule has 1 saturated carbocycles. The lowest BCUT2D eigenvalue weighted by Crippen LogP contribution is -2.25. The highest BCUT2D eigenvalue weighted by molar-refractivity contribution is 6.11. The van der Waals surface area contributed by atoms with Crippen LogP contribution in [0.4, 0.5) is 0 Å². The summed E-state index contributed by atoms with van der Waals surface area (Å²) in [5.41, 5.74) is 33.9. The van der Waals surface area contributed by atoms with E-state index >= 15 is 0 Å². The van der Waals surface area contributed by atoms with E-state index in [-0.39, 0.29) is 45.3 Å². The van der Waals surface area contributed by atoms with Crippen molar-refractivity contribution in [1.29, 1.82) is 0 Å². The molecule has 0 aromatic heterocycles. The predicted octanol–water partition coefficient (Wildman–Crippen LogP) is 20.5. The van der Waals surface area contributed by atoms with Gasteiger partial charge in [0.15, 0.2) is 0 Å². The lowest BCUT2D eigenvalue weighted by molar-refractivity contribution is 0.293. The first kappa shape index (κ1) is 51.0. The van der Waals surface area contributed by atoms with Gasteiger partial charge in [0.25, 0.3) is 0 Å². The Hall–Kier alpha value is -6.50. The third-order valence-electron chi connectivity index (χ3n) is 19.6. The van der Waals surface area contributed by atoms with Crippen LogP contribution in [-0.4, -0.2) is 0 Å². The van der Waals surface area contributed by atoms with Crippen LogP contribution in [0.15, 0.2) is 196 Å². The molecule has 13 rings (SSSR count). The van der Waals surface area contributed by atoms with Gasteiger partial charge < -0.3 is 0 Å². The molecule has 5 aromatic rings. The molecule has 0 N–H and O–H groups in total. The normalized spacial score (nSPS) is 23.4. The standard InChI is InChI=1S/C78H82/c1-15-45-35-53-41-61-62(42-54(53)36-46(45)16-2)68(52-24-20-26-58(38-52)78(12,13)14)73-66-44-60(48-29-33-56(34-30-48)76(6,7)8)70-64-40-50-22-18-17-21-49(50)39-63(64)69-59(47-27-31-55(32-28-47)75(3,4)5)43-65(71(66)74(69)70)72(73)67(61)51-23-19-25-57(37-51)77(9,10)11/h17-29,31,33-41,43-44,48,55,62,71,74H,15-16,30,32,42H2,1-14H3. The van der Waals surface area contributed by atoms with Gasteiger partial charge in [-0.3, -0.25) is 0 Å². The van der Waals surface area contributed by atoms with E-state index in [4.69, 9.17) is 0 Å². The Balaban J connectivity index is 1.20. The molecule has 8 aliphatic carbocycles. The van der Waals surface area contributed by atoms with Crippen LogP contribution in [0.25, 0.3) is 39.1 Å². The summed E-state index contributed by atoms with van der Waals surface area (Å²) in [6, 6.07) is 39.1. The fraction of sp³-hybridized carbons (Fsp3) is 0.359. The third-order valence-corrected chi connectivity index (χ3v) is 19.6. The molecule has 0 bridgehead atoms. The summed E-state index contributed by atoms with van der Waals surface area (Å²) in [5, 5.41) is 2.65. The zero-order valence-corrected chi connectivity index (χ0v) is 49.4. The van der Waals surface area contributed by atoms with Crippen LogP contribution in [0.5, 0.6) is 0 Å². The molecule has 0 spiro atoms. The number of benzene rings is 5. The Kier molecular flexibility index (Phi) is 11.8. The number of fused-ring (bicyclic) bond motifs is 9. The molecule has 5 unspecified atom stereocenters. The molecule has 5 atom stereocenters. The second kappa shape index (κ2) is 18.0. The fourth-order valence-electron chi connectivity index (χ4n) is 15.2. The summed E-state index contributed by atoms with van der Waals surface area (Å²) in [7, 11) is 0. The van der Waals surface area contributed by atoms with E-state index in [0.717, 1.165) is 32.1 Å². The minimum Gasteiger partial charge on any atom is -0.0800 e. The van der Waals surface area contributed by atoms with Crippen LogP contribution in [-0.2, 0) is 30.1 Å². The van der Waals surface area contributed by atoms with Crippen molar-refractivity contribution < 1.29 is 0 Å². The van der Waals surface area contributed by atoms with Gasteiger partial charge >= 0.3 is 0 Å². The van der Waals surface area contributed by atoms with Crippen molar-refractivity contribution in [2.45, 2.75) is 140 Å². The minimum absolute atomic E-state index is 0.00842. The van der Waals surface area contributed by atoms with E-state index in [1.165, 1.54) is 133 Å². The number of rotatable bonds is 6. The van der Waals surface area contributed by atoms with Crippen LogP contribution in [0.2, 0.25) is 0 Å². The number of aryl methyl sites for hydroxylation is 2. The number of hydrogen-bond donors (Lipinski definition) is 0. The van der Waals surface area contributed by atoms with Crippen LogP contribution >= 0.6 is 0 Å². The lowest BCUT2D eigenvalue weighted by atomic mass is 9.65. The molecule has 0 saturated heterocycles. The SMILES string of the molecule is CCc1cc2c(cc1CC)CC1C(=C2)C(c2cccc(C(C)(C)C)c2)=C2C3=CC(C4=CCC(C(C)(C)C)C=C4)=C4c5cc6ccccc6cc5C5=C(C6C=CC(C(C)(C)C)=CC6)C=C(C2=C1c1cccc(C(C)(C)C)c1)C3C45. The summed E-state index contributed by atoms with van der Waals surface area (Å²) in [6.07, 6.45) is 28.7. The van der Waals surface area contributed by atoms with Crippen molar-refractivity contribution in [3.8, 4) is 0 Å². The number of allylic oxidation sites excluding steroid dienone is 21. The first-order chi connectivity index (χ1) is 37.1. The van der Waals surface area contributed by atoms with Gasteiger partial charge in [0.1, 0.15) is 0 Å². The molecule has 0 nitrogen and oxygen atoms in total. The predicted molar refractivity (Wildman–Crippen MR) is 335 cm³/mol. The van der Waals surface area contributed by atoms with E-state index in [1.54, 1.807) is 5.57 Å². The van der Waals surface area contributed by atoms with E-state index in [2.05, 4.69) is 249 Å². The van der Waals surface area contributed by atoms with E-state index in [9.17, 15) is 0 Å². The van der Waals surface area contributed by atoms with Crippen molar-refractivity contribution in [3.63, 3.8) is 0 Å². The molecule has 394 valence electrons. The van der Waals surface area contributed by atoms with Crippen molar-refractivity contribution >= 4 is 39.1 Å². The highest BCUT2D eigenvalue weighted by Crippen LogP contribution is 2.70. The van der Waals surface area contributed by atoms with Crippen LogP contribution in [0.3, 0.4) is 0 Å². The topological polar surface area (TPSA) is 0 Å². The van der Waals surface area contributed by atoms with Crippen molar-refractivity contribution in [2.75, 3.05) is 0 Å². The Morgan fingerprint density at radius 3 is 1.74 bits per heavy atom. The van der Waals surface area contributed by atoms with Gasteiger partial charge in [0.2, 0.25) is 0 Å². The lowest BCUT2D eigenvalue weighted by Gasteiger charge is -2.38. The molecule has 5 aromatic carbocycles. The monoisotopic (exact) mass is 1020 g/mol. The average molecular weight is 1020 g/mol. The van der Waals surface area contributed by atoms with Crippen LogP contribution in [0.1, 0.15) is 165 Å². The molecule has 0 heterocycles. The Bertz CT molecular complexity index is 3800. The summed E-state index contributed by atoms with van der Waals surface area (Å²) in [5.74, 6) is 1.23. The second-order valence-corrected chi connectivity index (χ2v) is 28.5. The van der Waals surface area contributed by atoms with Gasteiger partial charge in [0, 0.05) is 23.7 Å². The van der Waals surface area contributed by atoms with Gasteiger partial charge in [-0.05, 0) is 217 Å². The summed E-state index contributed by atoms with van der Waals surface area (Å²) in [6.45, 7) is 33.3. The minimum atomic E-state index is -0.0137. The number of hydrogen-bond acceptors (Lipinski definition) is 0. The van der Waals surface area contributed by atoms with Crippen LogP contribution in [0, 0.1) is 40.4 Å². The maximum absolute atomic E-state index is 2.79. The van der Waals surface area contributed by atoms with E-state index in [1.807, 2.05) is 0 Å². The molecule has 78 heavy (non-hydrogen) atoms. The Morgan fingerprint density at radius 2 is 1.14 bits per heavy atom. The molecule has 0 aliphatic heterocycles. The molecule has 1 fully saturated rings. The van der Waals surface area contributed by atoms with Gasteiger partial charge in [-0.1, -0.05) is 230 Å². The molecule has 0 radical (unpaired) electrons. The van der Waals surface area contributed by atoms with Crippen LogP contribution < -0.4 is 0 Å².